The maximum Gasteiger partial charge on any atom is 0.259 e. The highest BCUT2D eigenvalue weighted by Crippen LogP contribution is 2.30. The van der Waals surface area contributed by atoms with Gasteiger partial charge in [0.05, 0.1) is 12.6 Å². The van der Waals surface area contributed by atoms with Crippen molar-refractivity contribution in [1.82, 2.24) is 24.8 Å². The summed E-state index contributed by atoms with van der Waals surface area (Å²) in [5.41, 5.74) is 2.74. The Kier molecular flexibility index (Phi) is 7.67. The van der Waals surface area contributed by atoms with Gasteiger partial charge < -0.3 is 14.7 Å². The van der Waals surface area contributed by atoms with Gasteiger partial charge in [-0.3, -0.25) is 9.69 Å². The van der Waals surface area contributed by atoms with Gasteiger partial charge in [-0.05, 0) is 37.7 Å². The van der Waals surface area contributed by atoms with Gasteiger partial charge in [-0.1, -0.05) is 19.1 Å². The van der Waals surface area contributed by atoms with Crippen LogP contribution in [0, 0.1) is 11.7 Å². The number of hydrogen-bond acceptors (Lipinski definition) is 7. The third-order valence-corrected chi connectivity index (χ3v) is 6.26. The van der Waals surface area contributed by atoms with Crippen LogP contribution in [0.1, 0.15) is 29.8 Å². The third-order valence-electron chi connectivity index (χ3n) is 6.26. The van der Waals surface area contributed by atoms with Crippen LogP contribution < -0.4 is 4.74 Å². The van der Waals surface area contributed by atoms with Crippen LogP contribution >= 0.6 is 0 Å². The minimum absolute atomic E-state index is 0.0193. The van der Waals surface area contributed by atoms with E-state index in [2.05, 4.69) is 19.9 Å². The second-order valence-electron chi connectivity index (χ2n) is 9.15. The molecule has 0 fully saturated rings. The maximum atomic E-state index is 13.6. The first-order valence-corrected chi connectivity index (χ1v) is 11.6. The third kappa shape index (κ3) is 5.80. The van der Waals surface area contributed by atoms with Gasteiger partial charge in [0.15, 0.2) is 0 Å². The highest BCUT2D eigenvalue weighted by Gasteiger charge is 2.34. The Morgan fingerprint density at radius 2 is 1.91 bits per heavy atom. The molecular weight excluding hydrogens is 449 g/mol. The lowest BCUT2D eigenvalue weighted by atomic mass is 9.99. The number of carbonyl (C=O) groups is 1. The summed E-state index contributed by atoms with van der Waals surface area (Å²) in [5.74, 6) is -0.352. The monoisotopic (exact) mass is 479 g/mol. The van der Waals surface area contributed by atoms with E-state index >= 15 is 0 Å². The molecule has 3 heterocycles. The van der Waals surface area contributed by atoms with Crippen LogP contribution in [0.15, 0.2) is 55.2 Å². The van der Waals surface area contributed by atoms with Crippen LogP contribution in [0.5, 0.6) is 5.88 Å². The smallest absolute Gasteiger partial charge is 0.259 e. The maximum absolute atomic E-state index is 13.6. The minimum atomic E-state index is -0.370. The van der Waals surface area contributed by atoms with Gasteiger partial charge in [-0.15, -0.1) is 0 Å². The number of nitrogens with zero attached hydrogens (tertiary/aromatic N) is 5. The summed E-state index contributed by atoms with van der Waals surface area (Å²) in [5, 5.41) is 9.84. The number of amides is 1. The normalized spacial score (nSPS) is 19.0. The van der Waals surface area contributed by atoms with Gasteiger partial charge in [0.1, 0.15) is 23.8 Å². The van der Waals surface area contributed by atoms with Crippen LogP contribution in [0.3, 0.4) is 0 Å². The van der Waals surface area contributed by atoms with Gasteiger partial charge in [-0.25, -0.2) is 19.3 Å². The van der Waals surface area contributed by atoms with Crippen molar-refractivity contribution < 1.29 is 19.0 Å². The fraction of sp³-hybridized carbons (Fsp3) is 0.385. The van der Waals surface area contributed by atoms with Gasteiger partial charge in [0.2, 0.25) is 5.88 Å². The fourth-order valence-electron chi connectivity index (χ4n) is 4.22. The second kappa shape index (κ2) is 10.9. The summed E-state index contributed by atoms with van der Waals surface area (Å²) in [4.78, 5) is 30.0. The number of rotatable bonds is 7. The number of benzene rings is 1. The molecule has 3 atom stereocenters. The lowest BCUT2D eigenvalue weighted by Crippen LogP contribution is -2.49. The molecule has 1 aromatic carbocycles. The first kappa shape index (κ1) is 24.7. The quantitative estimate of drug-likeness (QED) is 0.557. The van der Waals surface area contributed by atoms with E-state index < -0.39 is 0 Å². The zero-order chi connectivity index (χ0) is 24.9. The molecular formula is C26H30FN5O3. The molecule has 1 N–H and O–H groups in total. The number of ether oxygens (including phenoxy) is 1. The second-order valence-corrected chi connectivity index (χ2v) is 9.15. The predicted molar refractivity (Wildman–Crippen MR) is 129 cm³/mol. The van der Waals surface area contributed by atoms with E-state index in [0.717, 1.165) is 11.1 Å². The number of aliphatic hydroxyl groups is 1. The van der Waals surface area contributed by atoms with Crippen LogP contribution in [0.4, 0.5) is 4.39 Å². The van der Waals surface area contributed by atoms with E-state index in [9.17, 15) is 14.3 Å². The summed E-state index contributed by atoms with van der Waals surface area (Å²) in [6.45, 7) is 5.36. The van der Waals surface area contributed by atoms with E-state index in [4.69, 9.17) is 4.74 Å². The Labute approximate surface area is 204 Å². The molecule has 0 spiro atoms. The Morgan fingerprint density at radius 3 is 2.60 bits per heavy atom. The van der Waals surface area contributed by atoms with Crippen LogP contribution in [0.2, 0.25) is 0 Å². The first-order valence-electron chi connectivity index (χ1n) is 11.6. The average Bonchev–Trinajstić information content (AvgIpc) is 2.86. The molecule has 1 aliphatic heterocycles. The highest BCUT2D eigenvalue weighted by molar-refractivity contribution is 5.98. The SMILES string of the molecule is C[C@H](CO)N1C[C@H](C)[C@H](CN(C)Cc2cncnc2)Oc2ncc(-c3ccc(F)cc3)cc2C1=O. The van der Waals surface area contributed by atoms with Crippen LogP contribution in [0.25, 0.3) is 11.1 Å². The zero-order valence-corrected chi connectivity index (χ0v) is 20.1. The molecule has 0 saturated heterocycles. The topological polar surface area (TPSA) is 91.7 Å². The molecule has 1 aliphatic rings. The van der Waals surface area contributed by atoms with Crippen molar-refractivity contribution in [3.8, 4) is 17.0 Å². The number of pyridine rings is 1. The van der Waals surface area contributed by atoms with Crippen molar-refractivity contribution in [2.24, 2.45) is 5.92 Å². The zero-order valence-electron chi connectivity index (χ0n) is 20.1. The molecule has 0 bridgehead atoms. The highest BCUT2D eigenvalue weighted by atomic mass is 19.1. The molecule has 35 heavy (non-hydrogen) atoms. The van der Waals surface area contributed by atoms with Crippen molar-refractivity contribution in [3.05, 3.63) is 72.2 Å². The van der Waals surface area contributed by atoms with Crippen molar-refractivity contribution in [2.75, 3.05) is 26.7 Å². The van der Waals surface area contributed by atoms with Crippen molar-refractivity contribution in [2.45, 2.75) is 32.5 Å². The van der Waals surface area contributed by atoms with Crippen LogP contribution in [-0.4, -0.2) is 74.7 Å². The van der Waals surface area contributed by atoms with Gasteiger partial charge >= 0.3 is 0 Å². The largest absolute Gasteiger partial charge is 0.472 e. The Hall–Kier alpha value is -3.43. The number of aliphatic hydroxyl groups excluding tert-OH is 1. The Balaban J connectivity index is 1.65. The van der Waals surface area contributed by atoms with Gasteiger partial charge in [0.25, 0.3) is 5.91 Å². The van der Waals surface area contributed by atoms with Crippen LogP contribution in [-0.2, 0) is 6.54 Å². The lowest BCUT2D eigenvalue weighted by molar-refractivity contribution is 0.0325. The van der Waals surface area contributed by atoms with E-state index in [1.165, 1.54) is 18.5 Å². The van der Waals surface area contributed by atoms with E-state index in [1.54, 1.807) is 41.7 Å². The van der Waals surface area contributed by atoms with Gasteiger partial charge in [-0.2, -0.15) is 0 Å². The summed E-state index contributed by atoms with van der Waals surface area (Å²) in [6.07, 6.45) is 6.44. The number of aromatic nitrogens is 3. The minimum Gasteiger partial charge on any atom is -0.472 e. The molecule has 0 unspecified atom stereocenters. The molecule has 3 aromatic rings. The number of likely N-dealkylation sites (N-methyl/N-ethyl adjacent to an activating group) is 1. The summed E-state index contributed by atoms with van der Waals surface area (Å²) in [6, 6.07) is 7.39. The molecule has 0 radical (unpaired) electrons. The Morgan fingerprint density at radius 1 is 1.20 bits per heavy atom. The molecule has 1 amide bonds. The lowest BCUT2D eigenvalue weighted by Gasteiger charge is -2.37. The summed E-state index contributed by atoms with van der Waals surface area (Å²) < 4.78 is 19.8. The molecule has 0 aliphatic carbocycles. The number of carbonyl (C=O) groups excluding carboxylic acids is 1. The standard InChI is InChI=1S/C26H30FN5O3/c1-17-12-32(18(2)15-33)26(34)23-8-21(20-4-6-22(27)7-5-20)11-30-25(23)35-24(17)14-31(3)13-19-9-28-16-29-10-19/h4-11,16-18,24,33H,12-15H2,1-3H3/t17-,18+,24-/m0/s1. The number of fused-ring (bicyclic) bond motifs is 1. The number of hydrogen-bond donors (Lipinski definition) is 1. The molecule has 8 nitrogen and oxygen atoms in total. The van der Waals surface area contributed by atoms with E-state index in [-0.39, 0.29) is 42.3 Å². The average molecular weight is 480 g/mol. The molecule has 2 aromatic heterocycles. The summed E-state index contributed by atoms with van der Waals surface area (Å²) >= 11 is 0. The molecule has 4 rings (SSSR count). The molecule has 0 saturated carbocycles. The van der Waals surface area contributed by atoms with Crippen molar-refractivity contribution in [3.63, 3.8) is 0 Å². The first-order chi connectivity index (χ1) is 16.9. The predicted octanol–water partition coefficient (Wildman–Crippen LogP) is 3.03. The van der Waals surface area contributed by atoms with Gasteiger partial charge in [0, 0.05) is 55.3 Å². The van der Waals surface area contributed by atoms with E-state index in [1.807, 2.05) is 20.9 Å². The Bertz CT molecular complexity index is 1150. The molecule has 184 valence electrons. The summed E-state index contributed by atoms with van der Waals surface area (Å²) in [7, 11) is 1.99. The molecule has 9 heteroatoms. The van der Waals surface area contributed by atoms with Crippen molar-refractivity contribution in [1.29, 1.82) is 0 Å². The van der Waals surface area contributed by atoms with E-state index in [0.29, 0.717) is 30.8 Å². The fourth-order valence-corrected chi connectivity index (χ4v) is 4.22. The van der Waals surface area contributed by atoms with Crippen molar-refractivity contribution >= 4 is 5.91 Å². The number of halogens is 1.